The molecule has 1 amide bonds. The van der Waals surface area contributed by atoms with Crippen LogP contribution in [0.5, 0.6) is 0 Å². The van der Waals surface area contributed by atoms with Gasteiger partial charge in [0.2, 0.25) is 0 Å². The lowest BCUT2D eigenvalue weighted by atomic mass is 10.1. The molecule has 142 valence electrons. The molecule has 2 aromatic carbocycles. The highest BCUT2D eigenvalue weighted by atomic mass is 19.1. The smallest absolute Gasteiger partial charge is 0.272 e. The van der Waals surface area contributed by atoms with E-state index in [1.807, 2.05) is 32.0 Å². The van der Waals surface area contributed by atoms with Gasteiger partial charge in [-0.25, -0.2) is 8.78 Å². The molecule has 0 unspecified atom stereocenters. The van der Waals surface area contributed by atoms with Gasteiger partial charge in [-0.2, -0.15) is 0 Å². The fourth-order valence-corrected chi connectivity index (χ4v) is 3.23. The molecule has 28 heavy (non-hydrogen) atoms. The molecule has 2 aromatic heterocycles. The second-order valence-corrected chi connectivity index (χ2v) is 6.82. The maximum Gasteiger partial charge on any atom is 0.272 e. The van der Waals surface area contributed by atoms with Crippen molar-refractivity contribution in [2.75, 3.05) is 5.32 Å². The number of hydrogen-bond acceptors (Lipinski definition) is 2. The zero-order valence-corrected chi connectivity index (χ0v) is 15.4. The van der Waals surface area contributed by atoms with Crippen LogP contribution in [0.15, 0.2) is 59.2 Å². The first-order chi connectivity index (χ1) is 13.4. The van der Waals surface area contributed by atoms with E-state index >= 15 is 0 Å². The quantitative estimate of drug-likeness (QED) is 0.513. The Balaban J connectivity index is 1.70. The maximum absolute atomic E-state index is 13.6. The molecule has 2 heterocycles. The molecule has 0 aliphatic heterocycles. The summed E-state index contributed by atoms with van der Waals surface area (Å²) in [5.41, 5.74) is 4.84. The van der Waals surface area contributed by atoms with E-state index in [0.717, 1.165) is 17.2 Å². The number of furan rings is 1. The number of anilines is 1. The Labute approximate surface area is 160 Å². The second kappa shape index (κ2) is 6.96. The van der Waals surface area contributed by atoms with Crippen LogP contribution in [0.1, 0.15) is 27.2 Å². The third-order valence-electron chi connectivity index (χ3n) is 4.78. The van der Waals surface area contributed by atoms with Gasteiger partial charge in [-0.3, -0.25) is 4.79 Å². The van der Waals surface area contributed by atoms with E-state index in [-0.39, 0.29) is 12.5 Å². The summed E-state index contributed by atoms with van der Waals surface area (Å²) in [6, 6.07) is 12.3. The van der Waals surface area contributed by atoms with E-state index in [2.05, 4.69) is 5.32 Å². The Kier molecular flexibility index (Phi) is 4.47. The van der Waals surface area contributed by atoms with Gasteiger partial charge in [0.1, 0.15) is 17.3 Å². The Morgan fingerprint density at radius 3 is 2.46 bits per heavy atom. The molecular formula is C22H18F2N2O2. The van der Waals surface area contributed by atoms with Gasteiger partial charge >= 0.3 is 0 Å². The minimum Gasteiger partial charge on any atom is -0.463 e. The number of hydrogen-bond donors (Lipinski definition) is 1. The molecule has 0 saturated heterocycles. The number of aryl methyl sites for hydroxylation is 2. The van der Waals surface area contributed by atoms with E-state index in [0.29, 0.717) is 28.0 Å². The molecule has 0 aliphatic rings. The number of fused-ring (bicyclic) bond motifs is 1. The van der Waals surface area contributed by atoms with E-state index in [1.54, 1.807) is 16.7 Å². The molecule has 0 atom stereocenters. The summed E-state index contributed by atoms with van der Waals surface area (Å²) in [5.74, 6) is -1.65. The van der Waals surface area contributed by atoms with Crippen LogP contribution in [0.4, 0.5) is 14.5 Å². The van der Waals surface area contributed by atoms with Gasteiger partial charge < -0.3 is 14.3 Å². The highest BCUT2D eigenvalue weighted by Gasteiger charge is 2.18. The van der Waals surface area contributed by atoms with E-state index < -0.39 is 11.6 Å². The topological polar surface area (TPSA) is 47.2 Å². The lowest BCUT2D eigenvalue weighted by molar-refractivity contribution is 0.101. The number of rotatable bonds is 4. The summed E-state index contributed by atoms with van der Waals surface area (Å²) in [7, 11) is 0. The summed E-state index contributed by atoms with van der Waals surface area (Å²) < 4.78 is 34.3. The fraction of sp³-hybridized carbons (Fsp3) is 0.136. The number of nitrogens with one attached hydrogen (secondary N) is 1. The summed E-state index contributed by atoms with van der Waals surface area (Å²) >= 11 is 0. The first kappa shape index (κ1) is 18.0. The number of halogens is 2. The Hall–Kier alpha value is -3.41. The van der Waals surface area contributed by atoms with Crippen LogP contribution in [0.25, 0.3) is 11.1 Å². The van der Waals surface area contributed by atoms with E-state index in [1.165, 1.54) is 18.4 Å². The van der Waals surface area contributed by atoms with Crippen LogP contribution in [0.3, 0.4) is 0 Å². The van der Waals surface area contributed by atoms with Gasteiger partial charge in [0, 0.05) is 30.4 Å². The molecule has 6 heteroatoms. The third kappa shape index (κ3) is 3.41. The minimum absolute atomic E-state index is 0.132. The van der Waals surface area contributed by atoms with Crippen molar-refractivity contribution in [1.82, 2.24) is 4.57 Å². The number of carbonyl (C=O) groups excluding carboxylic acids is 1. The summed E-state index contributed by atoms with van der Waals surface area (Å²) in [4.78, 5) is 12.9. The second-order valence-electron chi connectivity index (χ2n) is 6.82. The van der Waals surface area contributed by atoms with E-state index in [4.69, 9.17) is 4.42 Å². The van der Waals surface area contributed by atoms with Crippen LogP contribution in [-0.4, -0.2) is 10.5 Å². The summed E-state index contributed by atoms with van der Waals surface area (Å²) in [5, 5.41) is 2.88. The highest BCUT2D eigenvalue weighted by molar-refractivity contribution is 6.05. The zero-order valence-electron chi connectivity index (χ0n) is 15.4. The molecule has 4 nitrogen and oxygen atoms in total. The SMILES string of the molecule is Cc1ccc(NC(=O)c2cc3occc3n2Cc2cc(F)cc(F)c2)cc1C. The molecule has 4 rings (SSSR count). The van der Waals surface area contributed by atoms with Crippen molar-refractivity contribution in [3.05, 3.63) is 88.8 Å². The maximum atomic E-state index is 13.6. The standard InChI is InChI=1S/C22H18F2N2O2/c1-13-3-4-18(7-14(13)2)25-22(27)20-11-21-19(5-6-28-21)26(20)12-15-8-16(23)10-17(24)9-15/h3-11H,12H2,1-2H3,(H,25,27). The Morgan fingerprint density at radius 1 is 1.00 bits per heavy atom. The van der Waals surface area contributed by atoms with Crippen molar-refractivity contribution in [3.8, 4) is 0 Å². The predicted molar refractivity (Wildman–Crippen MR) is 104 cm³/mol. The van der Waals surface area contributed by atoms with Crippen LogP contribution in [0.2, 0.25) is 0 Å². The molecule has 0 aliphatic carbocycles. The lowest BCUT2D eigenvalue weighted by Crippen LogP contribution is -2.17. The van der Waals surface area contributed by atoms with Gasteiger partial charge in [0.15, 0.2) is 5.58 Å². The molecule has 1 N–H and O–H groups in total. The van der Waals surface area contributed by atoms with Gasteiger partial charge in [0.05, 0.1) is 11.8 Å². The Morgan fingerprint density at radius 2 is 1.75 bits per heavy atom. The number of carbonyl (C=O) groups is 1. The summed E-state index contributed by atoms with van der Waals surface area (Å²) in [6.07, 6.45) is 1.51. The third-order valence-corrected chi connectivity index (χ3v) is 4.78. The Bertz CT molecular complexity index is 1170. The highest BCUT2D eigenvalue weighted by Crippen LogP contribution is 2.24. The van der Waals surface area contributed by atoms with E-state index in [9.17, 15) is 13.6 Å². The number of nitrogens with zero attached hydrogens (tertiary/aromatic N) is 1. The van der Waals surface area contributed by atoms with Gasteiger partial charge in [-0.1, -0.05) is 6.07 Å². The number of aromatic nitrogens is 1. The average Bonchev–Trinajstić information content (AvgIpc) is 3.20. The van der Waals surface area contributed by atoms with Crippen molar-refractivity contribution < 1.29 is 18.0 Å². The van der Waals surface area contributed by atoms with Crippen molar-refractivity contribution in [2.24, 2.45) is 0 Å². The van der Waals surface area contributed by atoms with Crippen molar-refractivity contribution >= 4 is 22.7 Å². The first-order valence-electron chi connectivity index (χ1n) is 8.81. The fourth-order valence-electron chi connectivity index (χ4n) is 3.23. The van der Waals surface area contributed by atoms with Crippen LogP contribution in [0, 0.1) is 25.5 Å². The minimum atomic E-state index is -0.660. The molecule has 0 spiro atoms. The average molecular weight is 380 g/mol. The molecule has 4 aromatic rings. The number of amides is 1. The first-order valence-corrected chi connectivity index (χ1v) is 8.81. The zero-order chi connectivity index (χ0) is 19.8. The largest absolute Gasteiger partial charge is 0.463 e. The van der Waals surface area contributed by atoms with Crippen molar-refractivity contribution in [1.29, 1.82) is 0 Å². The van der Waals surface area contributed by atoms with Crippen LogP contribution in [-0.2, 0) is 6.54 Å². The predicted octanol–water partition coefficient (Wildman–Crippen LogP) is 5.43. The molecule has 0 bridgehead atoms. The van der Waals surface area contributed by atoms with Gasteiger partial charge in [-0.15, -0.1) is 0 Å². The molecule has 0 saturated carbocycles. The summed E-state index contributed by atoms with van der Waals surface area (Å²) in [6.45, 7) is 4.10. The molecular weight excluding hydrogens is 362 g/mol. The molecule has 0 fully saturated rings. The lowest BCUT2D eigenvalue weighted by Gasteiger charge is -2.12. The van der Waals surface area contributed by atoms with Crippen LogP contribution >= 0.6 is 0 Å². The molecule has 0 radical (unpaired) electrons. The van der Waals surface area contributed by atoms with Gasteiger partial charge in [-0.05, 0) is 54.8 Å². The van der Waals surface area contributed by atoms with Crippen molar-refractivity contribution in [2.45, 2.75) is 20.4 Å². The monoisotopic (exact) mass is 380 g/mol. The van der Waals surface area contributed by atoms with Crippen LogP contribution < -0.4 is 5.32 Å². The normalized spacial score (nSPS) is 11.1. The van der Waals surface area contributed by atoms with Gasteiger partial charge in [0.25, 0.3) is 5.91 Å². The number of benzene rings is 2. The van der Waals surface area contributed by atoms with Crippen molar-refractivity contribution in [3.63, 3.8) is 0 Å².